The third-order valence-electron chi connectivity index (χ3n) is 2.76. The monoisotopic (exact) mass is 259 g/mol. The Hall–Kier alpha value is -1.05. The molecular weight excluding hydrogens is 245 g/mol. The van der Waals surface area contributed by atoms with Gasteiger partial charge in [-0.3, -0.25) is 0 Å². The van der Waals surface area contributed by atoms with Crippen LogP contribution in [-0.2, 0) is 10.0 Å². The molecule has 0 aliphatic carbocycles. The van der Waals surface area contributed by atoms with Gasteiger partial charge in [-0.05, 0) is 12.1 Å². The highest BCUT2D eigenvalue weighted by atomic mass is 32.2. The average molecular weight is 259 g/mol. The van der Waals surface area contributed by atoms with Crippen molar-refractivity contribution in [1.29, 1.82) is 0 Å². The minimum atomic E-state index is -3.83. The molecule has 1 aromatic heterocycles. The number of halogens is 1. The van der Waals surface area contributed by atoms with Crippen molar-refractivity contribution >= 4 is 10.0 Å². The van der Waals surface area contributed by atoms with Gasteiger partial charge in [-0.25, -0.2) is 17.8 Å². The molecule has 94 valence electrons. The van der Waals surface area contributed by atoms with Gasteiger partial charge in [0.1, 0.15) is 0 Å². The van der Waals surface area contributed by atoms with Crippen molar-refractivity contribution in [3.05, 3.63) is 24.1 Å². The lowest BCUT2D eigenvalue weighted by molar-refractivity contribution is 0.248. The van der Waals surface area contributed by atoms with Crippen molar-refractivity contribution < 1.29 is 12.8 Å². The van der Waals surface area contributed by atoms with Crippen molar-refractivity contribution in [2.75, 3.05) is 19.6 Å². The molecule has 2 heterocycles. The first-order valence-corrected chi connectivity index (χ1v) is 6.84. The largest absolute Gasteiger partial charge is 0.313 e. The number of nitrogens with one attached hydrogen (secondary N) is 1. The van der Waals surface area contributed by atoms with Crippen LogP contribution in [-0.4, -0.2) is 43.4 Å². The van der Waals surface area contributed by atoms with Crippen LogP contribution in [0.5, 0.6) is 0 Å². The standard InChI is InChI=1S/C10H14FN3O2S/c1-2-14(8-6-12-7-8)17(15,16)10-9(11)4-3-5-13-10/h3-5,8,12H,2,6-7H2,1H3. The number of nitrogens with zero attached hydrogens (tertiary/aromatic N) is 2. The summed E-state index contributed by atoms with van der Waals surface area (Å²) in [4.78, 5) is 3.63. The fourth-order valence-corrected chi connectivity index (χ4v) is 3.39. The molecule has 1 N–H and O–H groups in total. The molecule has 0 aromatic carbocycles. The summed E-state index contributed by atoms with van der Waals surface area (Å²) < 4.78 is 39.2. The fourth-order valence-electron chi connectivity index (χ4n) is 1.77. The van der Waals surface area contributed by atoms with E-state index in [0.717, 1.165) is 6.07 Å². The first kappa shape index (κ1) is 12.4. The lowest BCUT2D eigenvalue weighted by atomic mass is 10.2. The molecule has 0 bridgehead atoms. The van der Waals surface area contributed by atoms with E-state index in [1.54, 1.807) is 6.92 Å². The number of hydrogen-bond acceptors (Lipinski definition) is 4. The molecule has 1 saturated heterocycles. The summed E-state index contributed by atoms with van der Waals surface area (Å²) in [5.41, 5.74) is 0. The Labute approximate surface area is 99.7 Å². The SMILES string of the molecule is CCN(C1CNC1)S(=O)(=O)c1ncccc1F. The molecule has 17 heavy (non-hydrogen) atoms. The van der Waals surface area contributed by atoms with E-state index in [-0.39, 0.29) is 6.04 Å². The van der Waals surface area contributed by atoms with E-state index in [1.165, 1.54) is 16.6 Å². The molecule has 0 radical (unpaired) electrons. The van der Waals surface area contributed by atoms with Crippen molar-refractivity contribution in [2.24, 2.45) is 0 Å². The second kappa shape index (κ2) is 4.67. The van der Waals surface area contributed by atoms with Crippen molar-refractivity contribution in [3.8, 4) is 0 Å². The number of likely N-dealkylation sites (N-methyl/N-ethyl adjacent to an activating group) is 1. The van der Waals surface area contributed by atoms with Crippen molar-refractivity contribution in [2.45, 2.75) is 18.0 Å². The molecule has 1 aliphatic rings. The Morgan fingerprint density at radius 3 is 2.76 bits per heavy atom. The van der Waals surface area contributed by atoms with Gasteiger partial charge < -0.3 is 5.32 Å². The zero-order valence-corrected chi connectivity index (χ0v) is 10.2. The first-order chi connectivity index (χ1) is 8.07. The molecular formula is C10H14FN3O2S. The summed E-state index contributed by atoms with van der Waals surface area (Å²) in [5.74, 6) is -0.807. The second-order valence-corrected chi connectivity index (χ2v) is 5.62. The Bertz CT molecular complexity index is 502. The quantitative estimate of drug-likeness (QED) is 0.839. The van der Waals surface area contributed by atoms with E-state index < -0.39 is 20.9 Å². The first-order valence-electron chi connectivity index (χ1n) is 5.40. The molecule has 0 unspecified atom stereocenters. The summed E-state index contributed by atoms with van der Waals surface area (Å²) >= 11 is 0. The van der Waals surface area contributed by atoms with Crippen LogP contribution >= 0.6 is 0 Å². The molecule has 0 saturated carbocycles. The molecule has 7 heteroatoms. The molecule has 1 aromatic rings. The third kappa shape index (κ3) is 2.18. The van der Waals surface area contributed by atoms with E-state index in [4.69, 9.17) is 0 Å². The maximum absolute atomic E-state index is 13.5. The van der Waals surface area contributed by atoms with E-state index in [1.807, 2.05) is 0 Å². The van der Waals surface area contributed by atoms with Crippen molar-refractivity contribution in [1.82, 2.24) is 14.6 Å². The lowest BCUT2D eigenvalue weighted by Crippen LogP contribution is -2.58. The molecule has 1 aliphatic heterocycles. The summed E-state index contributed by atoms with van der Waals surface area (Å²) in [7, 11) is -3.83. The normalized spacial score (nSPS) is 17.1. The van der Waals surface area contributed by atoms with Gasteiger partial charge in [0.25, 0.3) is 10.0 Å². The van der Waals surface area contributed by atoms with Crippen LogP contribution in [0, 0.1) is 5.82 Å². The number of sulfonamides is 1. The van der Waals surface area contributed by atoms with Gasteiger partial charge >= 0.3 is 0 Å². The highest BCUT2D eigenvalue weighted by molar-refractivity contribution is 7.89. The fraction of sp³-hybridized carbons (Fsp3) is 0.500. The van der Waals surface area contributed by atoms with E-state index in [0.29, 0.717) is 19.6 Å². The average Bonchev–Trinajstić information content (AvgIpc) is 2.23. The highest BCUT2D eigenvalue weighted by Gasteiger charge is 2.35. The molecule has 1 fully saturated rings. The second-order valence-electron chi connectivity index (χ2n) is 3.81. The van der Waals surface area contributed by atoms with Crippen LogP contribution in [0.1, 0.15) is 6.92 Å². The van der Waals surface area contributed by atoms with E-state index in [2.05, 4.69) is 10.3 Å². The minimum Gasteiger partial charge on any atom is -0.313 e. The van der Waals surface area contributed by atoms with Crippen LogP contribution < -0.4 is 5.32 Å². The van der Waals surface area contributed by atoms with Gasteiger partial charge in [-0.15, -0.1) is 0 Å². The van der Waals surface area contributed by atoms with Gasteiger partial charge in [-0.2, -0.15) is 4.31 Å². The zero-order chi connectivity index (χ0) is 12.5. The lowest BCUT2D eigenvalue weighted by Gasteiger charge is -2.36. The maximum atomic E-state index is 13.5. The Morgan fingerprint density at radius 1 is 1.59 bits per heavy atom. The smallest absolute Gasteiger partial charge is 0.263 e. The Morgan fingerprint density at radius 2 is 2.29 bits per heavy atom. The summed E-state index contributed by atoms with van der Waals surface area (Å²) in [6.07, 6.45) is 1.28. The van der Waals surface area contributed by atoms with Crippen LogP contribution in [0.25, 0.3) is 0 Å². The summed E-state index contributed by atoms with van der Waals surface area (Å²) in [5, 5.41) is 2.50. The Kier molecular flexibility index (Phi) is 3.41. The topological polar surface area (TPSA) is 62.3 Å². The summed E-state index contributed by atoms with van der Waals surface area (Å²) in [6.45, 7) is 3.24. The minimum absolute atomic E-state index is 0.105. The predicted octanol–water partition coefficient (Wildman–Crippen LogP) is 0.203. The van der Waals surface area contributed by atoms with Gasteiger partial charge in [0, 0.05) is 25.8 Å². The van der Waals surface area contributed by atoms with Crippen LogP contribution in [0.4, 0.5) is 4.39 Å². The van der Waals surface area contributed by atoms with E-state index in [9.17, 15) is 12.8 Å². The molecule has 0 amide bonds. The molecule has 0 spiro atoms. The summed E-state index contributed by atoms with van der Waals surface area (Å²) in [6, 6.07) is 2.37. The number of rotatable bonds is 4. The van der Waals surface area contributed by atoms with Crippen LogP contribution in [0.3, 0.4) is 0 Å². The zero-order valence-electron chi connectivity index (χ0n) is 9.43. The van der Waals surface area contributed by atoms with Crippen molar-refractivity contribution in [3.63, 3.8) is 0 Å². The maximum Gasteiger partial charge on any atom is 0.263 e. The van der Waals surface area contributed by atoms with Crippen LogP contribution in [0.15, 0.2) is 23.4 Å². The number of hydrogen-bond donors (Lipinski definition) is 1. The third-order valence-corrected chi connectivity index (χ3v) is 4.72. The van der Waals surface area contributed by atoms with Gasteiger partial charge in [-0.1, -0.05) is 6.92 Å². The van der Waals surface area contributed by atoms with Gasteiger partial charge in [0.05, 0.1) is 6.04 Å². The predicted molar refractivity (Wildman–Crippen MR) is 60.4 cm³/mol. The molecule has 0 atom stereocenters. The van der Waals surface area contributed by atoms with E-state index >= 15 is 0 Å². The van der Waals surface area contributed by atoms with Gasteiger partial charge in [0.15, 0.2) is 5.82 Å². The van der Waals surface area contributed by atoms with Crippen LogP contribution in [0.2, 0.25) is 0 Å². The number of aromatic nitrogens is 1. The molecule has 5 nitrogen and oxygen atoms in total. The molecule has 2 rings (SSSR count). The van der Waals surface area contributed by atoms with Gasteiger partial charge in [0.2, 0.25) is 5.03 Å². The number of pyridine rings is 1. The highest BCUT2D eigenvalue weighted by Crippen LogP contribution is 2.20. The Balaban J connectivity index is 2.37.